The molecule has 0 radical (unpaired) electrons. The van der Waals surface area contributed by atoms with Crippen molar-refractivity contribution in [2.24, 2.45) is 0 Å². The smallest absolute Gasteiger partial charge is 0.178 e. The first kappa shape index (κ1) is 17.9. The minimum absolute atomic E-state index is 0.357. The third-order valence-electron chi connectivity index (χ3n) is 5.40. The summed E-state index contributed by atoms with van der Waals surface area (Å²) in [4.78, 5) is 17.6. The molecule has 5 aromatic heterocycles. The van der Waals surface area contributed by atoms with Crippen LogP contribution in [0.25, 0.3) is 55.2 Å². The number of aromatic nitrogens is 6. The first-order valence-electron chi connectivity index (χ1n) is 9.67. The van der Waals surface area contributed by atoms with Crippen LogP contribution in [0.3, 0.4) is 0 Å². The molecule has 6 aromatic rings. The highest BCUT2D eigenvalue weighted by Gasteiger charge is 2.21. The van der Waals surface area contributed by atoms with Crippen molar-refractivity contribution in [2.45, 2.75) is 6.92 Å². The minimum atomic E-state index is -0.357. The molecule has 0 aliphatic rings. The normalized spacial score (nSPS) is 11.5. The first-order valence-corrected chi connectivity index (χ1v) is 10.5. The molecule has 8 heteroatoms. The summed E-state index contributed by atoms with van der Waals surface area (Å²) in [5.41, 5.74) is 5.58. The zero-order valence-corrected chi connectivity index (χ0v) is 17.2. The van der Waals surface area contributed by atoms with E-state index in [1.54, 1.807) is 36.0 Å². The van der Waals surface area contributed by atoms with Crippen LogP contribution in [0.5, 0.6) is 0 Å². The van der Waals surface area contributed by atoms with Crippen molar-refractivity contribution in [3.05, 3.63) is 71.7 Å². The van der Waals surface area contributed by atoms with Crippen LogP contribution in [-0.2, 0) is 0 Å². The standard InChI is InChI=1S/C23H15FN6S/c1-12-6-8-25-11-15(12)13-4-5-16-18(19(13)24)21(30-29-16)23-27-20-14(17-3-2-10-31-17)7-9-26-22(20)28-23/h2-11H,1H3,(H,29,30)(H,26,27,28). The Morgan fingerprint density at radius 1 is 1.00 bits per heavy atom. The molecule has 31 heavy (non-hydrogen) atoms. The summed E-state index contributed by atoms with van der Waals surface area (Å²) in [6.07, 6.45) is 5.11. The number of hydrogen-bond acceptors (Lipinski definition) is 5. The Bertz CT molecular complexity index is 1560. The highest BCUT2D eigenvalue weighted by atomic mass is 32.1. The minimum Gasteiger partial charge on any atom is -0.335 e. The van der Waals surface area contributed by atoms with Gasteiger partial charge in [0.15, 0.2) is 11.5 Å². The van der Waals surface area contributed by atoms with E-state index < -0.39 is 0 Å². The molecular formula is C23H15FN6S. The van der Waals surface area contributed by atoms with Crippen LogP contribution in [0.2, 0.25) is 0 Å². The number of H-pyrrole nitrogens is 2. The second-order valence-corrected chi connectivity index (χ2v) is 8.18. The molecule has 0 saturated heterocycles. The summed E-state index contributed by atoms with van der Waals surface area (Å²) >= 11 is 1.64. The van der Waals surface area contributed by atoms with Gasteiger partial charge in [-0.15, -0.1) is 11.3 Å². The monoisotopic (exact) mass is 426 g/mol. The van der Waals surface area contributed by atoms with E-state index in [4.69, 9.17) is 0 Å². The predicted molar refractivity (Wildman–Crippen MR) is 120 cm³/mol. The van der Waals surface area contributed by atoms with Gasteiger partial charge < -0.3 is 4.98 Å². The van der Waals surface area contributed by atoms with Crippen LogP contribution in [-0.4, -0.2) is 30.1 Å². The summed E-state index contributed by atoms with van der Waals surface area (Å²) in [5.74, 6) is 0.112. The molecular weight excluding hydrogens is 411 g/mol. The van der Waals surface area contributed by atoms with E-state index in [-0.39, 0.29) is 5.82 Å². The van der Waals surface area contributed by atoms with Crippen molar-refractivity contribution in [2.75, 3.05) is 0 Å². The second kappa shape index (κ2) is 6.82. The molecule has 0 saturated carbocycles. The summed E-state index contributed by atoms with van der Waals surface area (Å²) < 4.78 is 15.7. The average Bonchev–Trinajstić information content (AvgIpc) is 3.53. The lowest BCUT2D eigenvalue weighted by Crippen LogP contribution is -1.91. The Morgan fingerprint density at radius 3 is 2.77 bits per heavy atom. The molecule has 6 nitrogen and oxygen atoms in total. The number of fused-ring (bicyclic) bond motifs is 2. The molecule has 0 spiro atoms. The number of thiophene rings is 1. The van der Waals surface area contributed by atoms with Gasteiger partial charge in [0, 0.05) is 40.2 Å². The number of rotatable bonds is 3. The molecule has 0 amide bonds. The van der Waals surface area contributed by atoms with Gasteiger partial charge in [0.1, 0.15) is 11.5 Å². The van der Waals surface area contributed by atoms with E-state index >= 15 is 4.39 Å². The number of nitrogens with zero attached hydrogens (tertiary/aromatic N) is 4. The Balaban J connectivity index is 1.57. The molecule has 1 aromatic carbocycles. The third kappa shape index (κ3) is 2.76. The molecule has 0 fully saturated rings. The zero-order chi connectivity index (χ0) is 20.9. The molecule has 150 valence electrons. The second-order valence-electron chi connectivity index (χ2n) is 7.23. The number of hydrogen-bond donors (Lipinski definition) is 2. The summed E-state index contributed by atoms with van der Waals surface area (Å²) in [5, 5.41) is 9.71. The van der Waals surface area contributed by atoms with Crippen LogP contribution < -0.4 is 0 Å². The number of aromatic amines is 2. The van der Waals surface area contributed by atoms with Crippen molar-refractivity contribution < 1.29 is 4.39 Å². The van der Waals surface area contributed by atoms with Crippen molar-refractivity contribution in [3.8, 4) is 33.1 Å². The van der Waals surface area contributed by atoms with Gasteiger partial charge in [0.2, 0.25) is 0 Å². The van der Waals surface area contributed by atoms with Gasteiger partial charge in [-0.1, -0.05) is 6.07 Å². The first-order chi connectivity index (χ1) is 15.2. The van der Waals surface area contributed by atoms with Crippen molar-refractivity contribution in [1.82, 2.24) is 30.1 Å². The maximum Gasteiger partial charge on any atom is 0.178 e. The Morgan fingerprint density at radius 2 is 1.94 bits per heavy atom. The van der Waals surface area contributed by atoms with Gasteiger partial charge in [0.25, 0.3) is 0 Å². The predicted octanol–water partition coefficient (Wildman–Crippen LogP) is 5.74. The fourth-order valence-electron chi connectivity index (χ4n) is 3.86. The van der Waals surface area contributed by atoms with E-state index in [1.807, 2.05) is 42.6 Å². The third-order valence-corrected chi connectivity index (χ3v) is 6.30. The zero-order valence-electron chi connectivity index (χ0n) is 16.3. The quantitative estimate of drug-likeness (QED) is 0.378. The average molecular weight is 426 g/mol. The Labute approximate surface area is 179 Å². The van der Waals surface area contributed by atoms with Crippen molar-refractivity contribution in [1.29, 1.82) is 0 Å². The molecule has 0 bridgehead atoms. The maximum absolute atomic E-state index is 15.7. The van der Waals surface area contributed by atoms with E-state index in [2.05, 4.69) is 30.1 Å². The number of imidazole rings is 1. The van der Waals surface area contributed by atoms with E-state index in [0.717, 1.165) is 27.1 Å². The number of benzene rings is 1. The van der Waals surface area contributed by atoms with E-state index in [0.29, 0.717) is 33.6 Å². The molecule has 0 aliphatic heterocycles. The van der Waals surface area contributed by atoms with Crippen LogP contribution in [0, 0.1) is 12.7 Å². The van der Waals surface area contributed by atoms with Crippen LogP contribution >= 0.6 is 11.3 Å². The van der Waals surface area contributed by atoms with Crippen LogP contribution in [0.4, 0.5) is 4.39 Å². The highest BCUT2D eigenvalue weighted by Crippen LogP contribution is 2.36. The molecule has 0 unspecified atom stereocenters. The Kier molecular flexibility index (Phi) is 3.94. The van der Waals surface area contributed by atoms with Gasteiger partial charge in [-0.05, 0) is 48.2 Å². The van der Waals surface area contributed by atoms with Crippen LogP contribution in [0.1, 0.15) is 5.56 Å². The molecule has 0 atom stereocenters. The molecule has 6 rings (SSSR count). The van der Waals surface area contributed by atoms with E-state index in [9.17, 15) is 0 Å². The van der Waals surface area contributed by atoms with Gasteiger partial charge in [-0.25, -0.2) is 14.4 Å². The topological polar surface area (TPSA) is 83.1 Å². The fraction of sp³-hybridized carbons (Fsp3) is 0.0435. The summed E-state index contributed by atoms with van der Waals surface area (Å²) in [6, 6.07) is 11.4. The molecule has 0 aliphatic carbocycles. The lowest BCUT2D eigenvalue weighted by Gasteiger charge is -2.07. The Hall–Kier alpha value is -3.91. The summed E-state index contributed by atoms with van der Waals surface area (Å²) in [6.45, 7) is 1.94. The molecule has 2 N–H and O–H groups in total. The van der Waals surface area contributed by atoms with E-state index in [1.165, 1.54) is 0 Å². The fourth-order valence-corrected chi connectivity index (χ4v) is 4.62. The van der Waals surface area contributed by atoms with Gasteiger partial charge >= 0.3 is 0 Å². The number of pyridine rings is 2. The number of halogens is 1. The lowest BCUT2D eigenvalue weighted by atomic mass is 10.00. The van der Waals surface area contributed by atoms with Gasteiger partial charge in [0.05, 0.1) is 16.4 Å². The SMILES string of the molecule is Cc1ccncc1-c1ccc2[nH]nc(-c3nc4nccc(-c5cccs5)c4[nH]3)c2c1F. The lowest BCUT2D eigenvalue weighted by molar-refractivity contribution is 0.643. The maximum atomic E-state index is 15.7. The summed E-state index contributed by atoms with van der Waals surface area (Å²) in [7, 11) is 0. The van der Waals surface area contributed by atoms with Gasteiger partial charge in [-0.2, -0.15) is 5.10 Å². The largest absolute Gasteiger partial charge is 0.335 e. The number of nitrogens with one attached hydrogen (secondary N) is 2. The van der Waals surface area contributed by atoms with Crippen molar-refractivity contribution in [3.63, 3.8) is 0 Å². The van der Waals surface area contributed by atoms with Crippen LogP contribution in [0.15, 0.2) is 60.4 Å². The van der Waals surface area contributed by atoms with Crippen molar-refractivity contribution >= 4 is 33.4 Å². The highest BCUT2D eigenvalue weighted by molar-refractivity contribution is 7.13. The van der Waals surface area contributed by atoms with Gasteiger partial charge in [-0.3, -0.25) is 10.1 Å². The molecule has 5 heterocycles. The number of aryl methyl sites for hydroxylation is 1.